The van der Waals surface area contributed by atoms with Crippen molar-refractivity contribution in [3.8, 4) is 0 Å². The zero-order chi connectivity index (χ0) is 18.1. The first kappa shape index (κ1) is 16.8. The third kappa shape index (κ3) is 3.01. The van der Waals surface area contributed by atoms with Crippen molar-refractivity contribution in [3.63, 3.8) is 0 Å². The number of rotatable bonds is 4. The maximum absolute atomic E-state index is 13.3. The standard InChI is InChI=1S/C20H24N4O2/c1-22-18-8-4-3-7-17(18)19(21-22)20(25)24-13-15(9-11-26-2)12-23-10-5-6-16(23)14-24/h3-8,10,15H,9,11-14H2,1-2H3/t15-/m1/s1. The molecule has 1 aliphatic heterocycles. The number of benzene rings is 1. The van der Waals surface area contributed by atoms with Crippen LogP contribution in [0.15, 0.2) is 42.6 Å². The summed E-state index contributed by atoms with van der Waals surface area (Å²) >= 11 is 0. The quantitative estimate of drug-likeness (QED) is 0.725. The van der Waals surface area contributed by atoms with E-state index in [9.17, 15) is 4.79 Å². The lowest BCUT2D eigenvalue weighted by Gasteiger charge is -2.23. The van der Waals surface area contributed by atoms with Crippen molar-refractivity contribution in [1.29, 1.82) is 0 Å². The Bertz CT molecular complexity index is 927. The summed E-state index contributed by atoms with van der Waals surface area (Å²) in [6.07, 6.45) is 3.03. The highest BCUT2D eigenvalue weighted by Gasteiger charge is 2.28. The smallest absolute Gasteiger partial charge is 0.275 e. The molecule has 0 saturated carbocycles. The zero-order valence-corrected chi connectivity index (χ0v) is 15.3. The van der Waals surface area contributed by atoms with Crippen molar-refractivity contribution in [2.75, 3.05) is 20.3 Å². The Hall–Kier alpha value is -2.60. The molecule has 4 rings (SSSR count). The average Bonchev–Trinajstić information content (AvgIpc) is 3.18. The van der Waals surface area contributed by atoms with Crippen LogP contribution in [0.25, 0.3) is 10.9 Å². The van der Waals surface area contributed by atoms with Crippen molar-refractivity contribution in [3.05, 3.63) is 54.0 Å². The van der Waals surface area contributed by atoms with Gasteiger partial charge in [0.15, 0.2) is 5.69 Å². The Morgan fingerprint density at radius 1 is 1.23 bits per heavy atom. The number of aryl methyl sites for hydroxylation is 1. The summed E-state index contributed by atoms with van der Waals surface area (Å²) < 4.78 is 9.31. The minimum absolute atomic E-state index is 0.00105. The monoisotopic (exact) mass is 352 g/mol. The predicted octanol–water partition coefficient (Wildman–Crippen LogP) is 2.68. The Morgan fingerprint density at radius 3 is 2.92 bits per heavy atom. The average molecular weight is 352 g/mol. The zero-order valence-electron chi connectivity index (χ0n) is 15.3. The third-order valence-corrected chi connectivity index (χ3v) is 5.19. The first-order valence-corrected chi connectivity index (χ1v) is 9.01. The second kappa shape index (κ2) is 6.96. The fourth-order valence-electron chi connectivity index (χ4n) is 3.82. The molecule has 0 saturated heterocycles. The molecule has 1 atom stereocenters. The highest BCUT2D eigenvalue weighted by Crippen LogP contribution is 2.24. The fourth-order valence-corrected chi connectivity index (χ4v) is 3.82. The number of ether oxygens (including phenoxy) is 1. The molecule has 0 radical (unpaired) electrons. The van der Waals surface area contributed by atoms with Gasteiger partial charge in [-0.1, -0.05) is 18.2 Å². The number of para-hydroxylation sites is 1. The van der Waals surface area contributed by atoms with Gasteiger partial charge >= 0.3 is 0 Å². The number of methoxy groups -OCH3 is 1. The molecular weight excluding hydrogens is 328 g/mol. The van der Waals surface area contributed by atoms with Gasteiger partial charge in [-0.15, -0.1) is 0 Å². The molecule has 0 aliphatic carbocycles. The molecule has 1 aliphatic rings. The Labute approximate surface area is 153 Å². The second-order valence-corrected chi connectivity index (χ2v) is 6.97. The van der Waals surface area contributed by atoms with Crippen LogP contribution in [0.2, 0.25) is 0 Å². The molecule has 26 heavy (non-hydrogen) atoms. The summed E-state index contributed by atoms with van der Waals surface area (Å²) in [7, 11) is 3.61. The number of amides is 1. The van der Waals surface area contributed by atoms with Gasteiger partial charge in [0.25, 0.3) is 5.91 Å². The van der Waals surface area contributed by atoms with Gasteiger partial charge < -0.3 is 14.2 Å². The summed E-state index contributed by atoms with van der Waals surface area (Å²) in [4.78, 5) is 15.3. The summed E-state index contributed by atoms with van der Waals surface area (Å²) in [5.74, 6) is 0.362. The number of nitrogens with zero attached hydrogens (tertiary/aromatic N) is 4. The number of aromatic nitrogens is 3. The van der Waals surface area contributed by atoms with Crippen LogP contribution in [0.5, 0.6) is 0 Å². The molecule has 1 aromatic carbocycles. The minimum Gasteiger partial charge on any atom is -0.385 e. The fraction of sp³-hybridized carbons (Fsp3) is 0.400. The first-order chi connectivity index (χ1) is 12.7. The van der Waals surface area contributed by atoms with Crippen molar-refractivity contribution in [2.45, 2.75) is 19.5 Å². The van der Waals surface area contributed by atoms with Crippen LogP contribution in [0.4, 0.5) is 0 Å². The predicted molar refractivity (Wildman–Crippen MR) is 99.9 cm³/mol. The molecule has 0 fully saturated rings. The normalized spacial score (nSPS) is 17.3. The van der Waals surface area contributed by atoms with E-state index < -0.39 is 0 Å². The molecule has 0 bridgehead atoms. The van der Waals surface area contributed by atoms with Crippen molar-refractivity contribution < 1.29 is 9.53 Å². The number of hydrogen-bond donors (Lipinski definition) is 0. The van der Waals surface area contributed by atoms with Crippen LogP contribution in [0, 0.1) is 5.92 Å². The van der Waals surface area contributed by atoms with E-state index in [1.807, 2.05) is 42.3 Å². The topological polar surface area (TPSA) is 52.3 Å². The van der Waals surface area contributed by atoms with Crippen LogP contribution < -0.4 is 0 Å². The summed E-state index contributed by atoms with van der Waals surface area (Å²) in [5.41, 5.74) is 2.68. The molecular formula is C20H24N4O2. The summed E-state index contributed by atoms with van der Waals surface area (Å²) in [6.45, 7) is 2.95. The largest absolute Gasteiger partial charge is 0.385 e. The molecule has 6 nitrogen and oxygen atoms in total. The van der Waals surface area contributed by atoms with Gasteiger partial charge in [-0.3, -0.25) is 9.48 Å². The number of hydrogen-bond acceptors (Lipinski definition) is 3. The van der Waals surface area contributed by atoms with Gasteiger partial charge in [0.2, 0.25) is 0 Å². The molecule has 1 amide bonds. The van der Waals surface area contributed by atoms with Crippen LogP contribution in [-0.2, 0) is 24.9 Å². The Morgan fingerprint density at radius 2 is 2.08 bits per heavy atom. The maximum Gasteiger partial charge on any atom is 0.275 e. The highest BCUT2D eigenvalue weighted by atomic mass is 16.5. The third-order valence-electron chi connectivity index (χ3n) is 5.19. The molecule has 0 N–H and O–H groups in total. The molecule has 3 heterocycles. The molecule has 0 unspecified atom stereocenters. The van der Waals surface area contributed by atoms with Gasteiger partial charge in [-0.2, -0.15) is 5.10 Å². The number of carbonyl (C=O) groups is 1. The molecule has 6 heteroatoms. The van der Waals surface area contributed by atoms with E-state index in [1.165, 1.54) is 5.69 Å². The van der Waals surface area contributed by atoms with Gasteiger partial charge in [0.1, 0.15) is 0 Å². The van der Waals surface area contributed by atoms with E-state index in [1.54, 1.807) is 11.8 Å². The first-order valence-electron chi connectivity index (χ1n) is 9.01. The second-order valence-electron chi connectivity index (χ2n) is 6.97. The minimum atomic E-state index is -0.00105. The molecule has 136 valence electrons. The van der Waals surface area contributed by atoms with E-state index in [0.29, 0.717) is 24.8 Å². The lowest BCUT2D eigenvalue weighted by atomic mass is 10.1. The van der Waals surface area contributed by atoms with Crippen molar-refractivity contribution >= 4 is 16.8 Å². The Balaban J connectivity index is 1.67. The van der Waals surface area contributed by atoms with Gasteiger partial charge in [-0.25, -0.2) is 0 Å². The van der Waals surface area contributed by atoms with Crippen LogP contribution >= 0.6 is 0 Å². The lowest BCUT2D eigenvalue weighted by Crippen LogP contribution is -2.34. The van der Waals surface area contributed by atoms with Gasteiger partial charge in [0.05, 0.1) is 12.1 Å². The van der Waals surface area contributed by atoms with Crippen molar-refractivity contribution in [1.82, 2.24) is 19.2 Å². The maximum atomic E-state index is 13.3. The van der Waals surface area contributed by atoms with E-state index in [0.717, 1.165) is 30.4 Å². The van der Waals surface area contributed by atoms with E-state index >= 15 is 0 Å². The van der Waals surface area contributed by atoms with Gasteiger partial charge in [0, 0.05) is 51.1 Å². The van der Waals surface area contributed by atoms with Crippen LogP contribution in [0.3, 0.4) is 0 Å². The number of carbonyl (C=O) groups excluding carboxylic acids is 1. The summed E-state index contributed by atoms with van der Waals surface area (Å²) in [5, 5.41) is 5.43. The van der Waals surface area contributed by atoms with Crippen LogP contribution in [0.1, 0.15) is 22.6 Å². The number of fused-ring (bicyclic) bond motifs is 2. The van der Waals surface area contributed by atoms with E-state index in [-0.39, 0.29) is 5.91 Å². The molecule has 3 aromatic rings. The van der Waals surface area contributed by atoms with E-state index in [4.69, 9.17) is 4.74 Å². The van der Waals surface area contributed by atoms with Gasteiger partial charge in [-0.05, 0) is 30.5 Å². The van der Waals surface area contributed by atoms with Crippen molar-refractivity contribution in [2.24, 2.45) is 13.0 Å². The van der Waals surface area contributed by atoms with E-state index in [2.05, 4.69) is 21.9 Å². The summed E-state index contributed by atoms with van der Waals surface area (Å²) in [6, 6.07) is 12.0. The Kier molecular flexibility index (Phi) is 4.51. The highest BCUT2D eigenvalue weighted by molar-refractivity contribution is 6.04. The lowest BCUT2D eigenvalue weighted by molar-refractivity contribution is 0.0700. The molecule has 0 spiro atoms. The SMILES string of the molecule is COCC[C@H]1CN(C(=O)c2nn(C)c3ccccc23)Cc2cccn2C1. The molecule has 2 aromatic heterocycles. The van der Waals surface area contributed by atoms with Crippen LogP contribution in [-0.4, -0.2) is 45.4 Å².